The molecule has 0 N–H and O–H groups in total. The number of benzene rings is 1. The van der Waals surface area contributed by atoms with E-state index >= 15 is 0 Å². The number of rotatable bonds is 9. The molecule has 0 atom stereocenters. The molecule has 0 amide bonds. The summed E-state index contributed by atoms with van der Waals surface area (Å²) in [6.07, 6.45) is 9.23. The molecule has 0 aliphatic rings. The molecule has 2 nitrogen and oxygen atoms in total. The van der Waals surface area contributed by atoms with Crippen LogP contribution in [0.5, 0.6) is 5.75 Å². The Morgan fingerprint density at radius 1 is 1.09 bits per heavy atom. The van der Waals surface area contributed by atoms with Gasteiger partial charge in [0.2, 0.25) is 0 Å². The molecule has 1 rings (SSSR count). The summed E-state index contributed by atoms with van der Waals surface area (Å²) < 4.78 is 10.9. The SMILES string of the molecule is COc1ccc(C(C)(C)C)c(CC/C=C/CCCOC(C)C)c1. The van der Waals surface area contributed by atoms with Gasteiger partial charge in [0.05, 0.1) is 13.2 Å². The molecule has 0 aromatic heterocycles. The Morgan fingerprint density at radius 2 is 1.78 bits per heavy atom. The second kappa shape index (κ2) is 9.77. The van der Waals surface area contributed by atoms with Crippen LogP contribution in [-0.2, 0) is 16.6 Å². The third kappa shape index (κ3) is 7.69. The normalized spacial score (nSPS) is 12.3. The molecular formula is C21H34O2. The lowest BCUT2D eigenvalue weighted by Gasteiger charge is -2.23. The maximum Gasteiger partial charge on any atom is 0.119 e. The standard InChI is InChI=1S/C21H34O2/c1-17(2)23-15-11-9-7-8-10-12-18-16-19(22-6)13-14-20(18)21(3,4)5/h7-8,13-14,16-17H,9-12,15H2,1-6H3/b8-7+. The maximum atomic E-state index is 5.55. The van der Waals surface area contributed by atoms with E-state index in [1.807, 2.05) is 0 Å². The summed E-state index contributed by atoms with van der Waals surface area (Å²) in [6, 6.07) is 6.46. The molecule has 0 spiro atoms. The monoisotopic (exact) mass is 318 g/mol. The summed E-state index contributed by atoms with van der Waals surface area (Å²) in [5.74, 6) is 0.947. The molecule has 0 heterocycles. The molecule has 0 fully saturated rings. The second-order valence-electron chi connectivity index (χ2n) is 7.34. The fourth-order valence-corrected chi connectivity index (χ4v) is 2.63. The lowest BCUT2D eigenvalue weighted by Crippen LogP contribution is -2.14. The van der Waals surface area contributed by atoms with Crippen molar-refractivity contribution in [1.29, 1.82) is 0 Å². The smallest absolute Gasteiger partial charge is 0.119 e. The fraction of sp³-hybridized carbons (Fsp3) is 0.619. The van der Waals surface area contributed by atoms with Crippen molar-refractivity contribution in [2.45, 2.75) is 71.8 Å². The number of methoxy groups -OCH3 is 1. The molecule has 1 aromatic rings. The van der Waals surface area contributed by atoms with E-state index in [0.29, 0.717) is 6.10 Å². The molecule has 0 aliphatic carbocycles. The van der Waals surface area contributed by atoms with Crippen molar-refractivity contribution < 1.29 is 9.47 Å². The zero-order valence-electron chi connectivity index (χ0n) is 15.8. The molecule has 2 heteroatoms. The van der Waals surface area contributed by atoms with E-state index in [9.17, 15) is 0 Å². The van der Waals surface area contributed by atoms with E-state index in [1.165, 1.54) is 11.1 Å². The molecule has 0 radical (unpaired) electrons. The van der Waals surface area contributed by atoms with Gasteiger partial charge in [-0.3, -0.25) is 0 Å². The molecule has 130 valence electrons. The Bertz CT molecular complexity index is 481. The van der Waals surface area contributed by atoms with Crippen molar-refractivity contribution >= 4 is 0 Å². The third-order valence-electron chi connectivity index (χ3n) is 3.83. The number of unbranched alkanes of at least 4 members (excludes halogenated alkanes) is 1. The van der Waals surface area contributed by atoms with Crippen LogP contribution < -0.4 is 4.74 Å². The number of hydrogen-bond acceptors (Lipinski definition) is 2. The van der Waals surface area contributed by atoms with Crippen LogP contribution in [0.4, 0.5) is 0 Å². The van der Waals surface area contributed by atoms with Gasteiger partial charge in [0.25, 0.3) is 0 Å². The van der Waals surface area contributed by atoms with Crippen molar-refractivity contribution in [3.63, 3.8) is 0 Å². The number of allylic oxidation sites excluding steroid dienone is 2. The van der Waals surface area contributed by atoms with Crippen LogP contribution in [-0.4, -0.2) is 19.8 Å². The van der Waals surface area contributed by atoms with Gasteiger partial charge < -0.3 is 9.47 Å². The van der Waals surface area contributed by atoms with Crippen LogP contribution in [0.15, 0.2) is 30.4 Å². The predicted octanol–water partition coefficient (Wildman–Crippen LogP) is 5.69. The fourth-order valence-electron chi connectivity index (χ4n) is 2.63. The van der Waals surface area contributed by atoms with Crippen LogP contribution >= 0.6 is 0 Å². The number of aryl methyl sites for hydroxylation is 1. The highest BCUT2D eigenvalue weighted by Gasteiger charge is 2.17. The first-order valence-electron chi connectivity index (χ1n) is 8.78. The quantitative estimate of drug-likeness (QED) is 0.430. The highest BCUT2D eigenvalue weighted by atomic mass is 16.5. The van der Waals surface area contributed by atoms with E-state index in [4.69, 9.17) is 9.47 Å². The zero-order valence-corrected chi connectivity index (χ0v) is 15.8. The predicted molar refractivity (Wildman–Crippen MR) is 99.5 cm³/mol. The van der Waals surface area contributed by atoms with Crippen LogP contribution in [0.3, 0.4) is 0 Å². The minimum atomic E-state index is 0.166. The van der Waals surface area contributed by atoms with E-state index in [2.05, 4.69) is 65.0 Å². The van der Waals surface area contributed by atoms with E-state index in [0.717, 1.165) is 38.0 Å². The lowest BCUT2D eigenvalue weighted by atomic mass is 9.82. The van der Waals surface area contributed by atoms with Crippen molar-refractivity contribution in [1.82, 2.24) is 0 Å². The topological polar surface area (TPSA) is 18.5 Å². The van der Waals surface area contributed by atoms with Crippen molar-refractivity contribution in [3.8, 4) is 5.75 Å². The summed E-state index contributed by atoms with van der Waals surface area (Å²) in [5.41, 5.74) is 2.97. The molecule has 0 aliphatic heterocycles. The molecule has 0 saturated heterocycles. The van der Waals surface area contributed by atoms with Gasteiger partial charge in [0, 0.05) is 6.61 Å². The Labute approximate surface area is 142 Å². The highest BCUT2D eigenvalue weighted by Crippen LogP contribution is 2.29. The minimum absolute atomic E-state index is 0.166. The molecule has 0 saturated carbocycles. The van der Waals surface area contributed by atoms with Gasteiger partial charge in [-0.05, 0) is 68.2 Å². The number of hydrogen-bond donors (Lipinski definition) is 0. The average Bonchev–Trinajstić information content (AvgIpc) is 2.48. The molecule has 1 aromatic carbocycles. The number of ether oxygens (including phenoxy) is 2. The van der Waals surface area contributed by atoms with Crippen molar-refractivity contribution in [3.05, 3.63) is 41.5 Å². The zero-order chi connectivity index (χ0) is 17.3. The van der Waals surface area contributed by atoms with Crippen LogP contribution in [0, 0.1) is 0 Å². The van der Waals surface area contributed by atoms with Gasteiger partial charge in [0.1, 0.15) is 5.75 Å². The molecule has 23 heavy (non-hydrogen) atoms. The molecule has 0 bridgehead atoms. The highest BCUT2D eigenvalue weighted by molar-refractivity contribution is 5.39. The minimum Gasteiger partial charge on any atom is -0.497 e. The Kier molecular flexibility index (Phi) is 8.40. The average molecular weight is 319 g/mol. The first-order chi connectivity index (χ1) is 10.8. The second-order valence-corrected chi connectivity index (χ2v) is 7.34. The summed E-state index contributed by atoms with van der Waals surface area (Å²) in [4.78, 5) is 0. The van der Waals surface area contributed by atoms with Crippen LogP contribution in [0.1, 0.15) is 65.0 Å². The Hall–Kier alpha value is -1.28. The summed E-state index contributed by atoms with van der Waals surface area (Å²) in [6.45, 7) is 11.8. The molecular weight excluding hydrogens is 284 g/mol. The summed E-state index contributed by atoms with van der Waals surface area (Å²) in [5, 5.41) is 0. The first-order valence-corrected chi connectivity index (χ1v) is 8.78. The van der Waals surface area contributed by atoms with Crippen LogP contribution in [0.25, 0.3) is 0 Å². The maximum absolute atomic E-state index is 5.55. The van der Waals surface area contributed by atoms with Crippen molar-refractivity contribution in [2.24, 2.45) is 0 Å². The van der Waals surface area contributed by atoms with Gasteiger partial charge in [-0.1, -0.05) is 39.0 Å². The Balaban J connectivity index is 2.50. The van der Waals surface area contributed by atoms with Gasteiger partial charge >= 0.3 is 0 Å². The summed E-state index contributed by atoms with van der Waals surface area (Å²) in [7, 11) is 1.73. The van der Waals surface area contributed by atoms with E-state index < -0.39 is 0 Å². The van der Waals surface area contributed by atoms with E-state index in [1.54, 1.807) is 7.11 Å². The van der Waals surface area contributed by atoms with Crippen molar-refractivity contribution in [2.75, 3.05) is 13.7 Å². The largest absolute Gasteiger partial charge is 0.497 e. The summed E-state index contributed by atoms with van der Waals surface area (Å²) >= 11 is 0. The third-order valence-corrected chi connectivity index (χ3v) is 3.83. The van der Waals surface area contributed by atoms with Crippen LogP contribution in [0.2, 0.25) is 0 Å². The van der Waals surface area contributed by atoms with E-state index in [-0.39, 0.29) is 5.41 Å². The lowest BCUT2D eigenvalue weighted by molar-refractivity contribution is 0.0775. The first kappa shape index (κ1) is 19.8. The van der Waals surface area contributed by atoms with Gasteiger partial charge in [-0.2, -0.15) is 0 Å². The Morgan fingerprint density at radius 3 is 2.39 bits per heavy atom. The van der Waals surface area contributed by atoms with Gasteiger partial charge in [-0.15, -0.1) is 0 Å². The molecule has 0 unspecified atom stereocenters. The van der Waals surface area contributed by atoms with Gasteiger partial charge in [0.15, 0.2) is 0 Å². The van der Waals surface area contributed by atoms with Gasteiger partial charge in [-0.25, -0.2) is 0 Å².